The minimum atomic E-state index is -0.648. The van der Waals surface area contributed by atoms with E-state index < -0.39 is 10.6 Å². The van der Waals surface area contributed by atoms with Crippen LogP contribution in [0.1, 0.15) is 23.7 Å². The number of hydrogen-bond donors (Lipinski definition) is 2. The monoisotopic (exact) mass is 399 g/mol. The molecule has 1 aromatic carbocycles. The van der Waals surface area contributed by atoms with Crippen molar-refractivity contribution in [1.82, 2.24) is 9.97 Å². The summed E-state index contributed by atoms with van der Waals surface area (Å²) >= 11 is 0. The van der Waals surface area contributed by atoms with Gasteiger partial charge in [-0.25, -0.2) is 14.8 Å². The number of nitrogens with one attached hydrogen (secondary N) is 1. The zero-order valence-corrected chi connectivity index (χ0v) is 15.8. The Kier molecular flexibility index (Phi) is 6.17. The fraction of sp³-hybridized carbons (Fsp3) is 0.333. The fourth-order valence-electron chi connectivity index (χ4n) is 3.02. The maximum absolute atomic E-state index is 11.7. The van der Waals surface area contributed by atoms with E-state index in [-0.39, 0.29) is 23.5 Å². The SMILES string of the molecule is CCOC(=O)c1ccc(N2CC[C@H](/C=N\Nc3ncnc(N)c3[N+](=O)[O-])C2)cc1. The van der Waals surface area contributed by atoms with Gasteiger partial charge in [0, 0.05) is 30.9 Å². The predicted octanol–water partition coefficient (Wildman–Crippen LogP) is 2.07. The summed E-state index contributed by atoms with van der Waals surface area (Å²) in [5.41, 5.74) is 9.21. The van der Waals surface area contributed by atoms with Crippen molar-refractivity contribution in [1.29, 1.82) is 0 Å². The Balaban J connectivity index is 1.58. The number of aromatic nitrogens is 2. The van der Waals surface area contributed by atoms with Crippen LogP contribution < -0.4 is 16.1 Å². The molecule has 1 aliphatic heterocycles. The van der Waals surface area contributed by atoms with Gasteiger partial charge in [0.15, 0.2) is 0 Å². The van der Waals surface area contributed by atoms with Crippen molar-refractivity contribution in [2.75, 3.05) is 35.8 Å². The first-order chi connectivity index (χ1) is 14.0. The average Bonchev–Trinajstić information content (AvgIpc) is 3.17. The molecule has 0 unspecified atom stereocenters. The number of esters is 1. The van der Waals surface area contributed by atoms with Crippen molar-refractivity contribution in [2.24, 2.45) is 11.0 Å². The number of rotatable bonds is 7. The summed E-state index contributed by atoms with van der Waals surface area (Å²) in [6, 6.07) is 7.26. The molecule has 0 aliphatic carbocycles. The number of ether oxygens (including phenoxy) is 1. The van der Waals surface area contributed by atoms with E-state index in [1.54, 1.807) is 25.3 Å². The van der Waals surface area contributed by atoms with Crippen molar-refractivity contribution < 1.29 is 14.5 Å². The highest BCUT2D eigenvalue weighted by Gasteiger charge is 2.23. The van der Waals surface area contributed by atoms with Crippen LogP contribution in [0.25, 0.3) is 0 Å². The highest BCUT2D eigenvalue weighted by molar-refractivity contribution is 5.89. The van der Waals surface area contributed by atoms with Crippen LogP contribution in [-0.2, 0) is 4.74 Å². The minimum absolute atomic E-state index is 0.0526. The third-order valence-corrected chi connectivity index (χ3v) is 4.46. The zero-order chi connectivity index (χ0) is 20.8. The second kappa shape index (κ2) is 8.95. The van der Waals surface area contributed by atoms with Gasteiger partial charge < -0.3 is 15.4 Å². The molecule has 1 saturated heterocycles. The van der Waals surface area contributed by atoms with E-state index in [0.717, 1.165) is 31.5 Å². The largest absolute Gasteiger partial charge is 0.462 e. The third kappa shape index (κ3) is 4.75. The van der Waals surface area contributed by atoms with E-state index in [9.17, 15) is 14.9 Å². The summed E-state index contributed by atoms with van der Waals surface area (Å²) in [6.07, 6.45) is 3.71. The first kappa shape index (κ1) is 20.0. The van der Waals surface area contributed by atoms with Crippen LogP contribution in [0.3, 0.4) is 0 Å². The molecule has 1 aromatic heterocycles. The molecule has 1 aliphatic rings. The Morgan fingerprint density at radius 3 is 2.90 bits per heavy atom. The molecule has 3 N–H and O–H groups in total. The maximum atomic E-state index is 11.7. The molecule has 0 radical (unpaired) electrons. The first-order valence-electron chi connectivity index (χ1n) is 9.05. The van der Waals surface area contributed by atoms with Crippen LogP contribution in [-0.4, -0.2) is 46.8 Å². The Morgan fingerprint density at radius 2 is 2.21 bits per heavy atom. The molecule has 0 bridgehead atoms. The standard InChI is InChI=1S/C18H21N7O4/c1-2-29-18(26)13-3-5-14(6-4-13)24-8-7-12(10-24)9-22-23-17-15(25(27)28)16(19)20-11-21-17/h3-6,9,11-12H,2,7-8,10H2,1H3,(H3,19,20,21,23)/b22-9-/t12-/m1/s1. The molecule has 11 heteroatoms. The van der Waals surface area contributed by atoms with Crippen LogP contribution >= 0.6 is 0 Å². The van der Waals surface area contributed by atoms with E-state index in [4.69, 9.17) is 10.5 Å². The normalized spacial score (nSPS) is 16.2. The number of nitrogens with zero attached hydrogens (tertiary/aromatic N) is 5. The number of carbonyl (C=O) groups excluding carboxylic acids is 1. The third-order valence-electron chi connectivity index (χ3n) is 4.46. The van der Waals surface area contributed by atoms with Gasteiger partial charge in [-0.2, -0.15) is 5.10 Å². The van der Waals surface area contributed by atoms with Gasteiger partial charge in [0.25, 0.3) is 0 Å². The van der Waals surface area contributed by atoms with E-state index in [2.05, 4.69) is 25.4 Å². The lowest BCUT2D eigenvalue weighted by molar-refractivity contribution is -0.383. The zero-order valence-electron chi connectivity index (χ0n) is 15.8. The van der Waals surface area contributed by atoms with Gasteiger partial charge in [0.2, 0.25) is 11.6 Å². The maximum Gasteiger partial charge on any atom is 0.354 e. The number of anilines is 3. The van der Waals surface area contributed by atoms with E-state index in [1.165, 1.54) is 0 Å². The van der Waals surface area contributed by atoms with Crippen molar-refractivity contribution >= 4 is 35.2 Å². The van der Waals surface area contributed by atoms with Crippen molar-refractivity contribution in [3.63, 3.8) is 0 Å². The number of carbonyl (C=O) groups is 1. The van der Waals surface area contributed by atoms with Gasteiger partial charge in [0.05, 0.1) is 17.1 Å². The van der Waals surface area contributed by atoms with Crippen LogP contribution in [0.5, 0.6) is 0 Å². The summed E-state index contributed by atoms with van der Waals surface area (Å²) in [6.45, 7) is 3.67. The number of hydrazone groups is 1. The molecule has 152 valence electrons. The lowest BCUT2D eigenvalue weighted by Crippen LogP contribution is -2.20. The quantitative estimate of drug-likeness (QED) is 0.309. The van der Waals surface area contributed by atoms with Gasteiger partial charge in [-0.15, -0.1) is 0 Å². The molecule has 29 heavy (non-hydrogen) atoms. The van der Waals surface area contributed by atoms with E-state index in [0.29, 0.717) is 12.2 Å². The highest BCUT2D eigenvalue weighted by Crippen LogP contribution is 2.27. The summed E-state index contributed by atoms with van der Waals surface area (Å²) < 4.78 is 4.99. The molecule has 3 rings (SSSR count). The molecular weight excluding hydrogens is 378 g/mol. The van der Waals surface area contributed by atoms with Crippen LogP contribution in [0.15, 0.2) is 35.7 Å². The molecule has 1 fully saturated rings. The molecule has 11 nitrogen and oxygen atoms in total. The van der Waals surface area contributed by atoms with Gasteiger partial charge in [-0.05, 0) is 37.6 Å². The van der Waals surface area contributed by atoms with Crippen molar-refractivity contribution in [2.45, 2.75) is 13.3 Å². The Hall–Kier alpha value is -3.76. The van der Waals surface area contributed by atoms with Gasteiger partial charge in [-0.1, -0.05) is 0 Å². The summed E-state index contributed by atoms with van der Waals surface area (Å²) in [5.74, 6) is -0.453. The number of benzene rings is 1. The molecule has 2 heterocycles. The number of nitrogen functional groups attached to an aromatic ring is 1. The Labute approximate surface area is 166 Å². The molecule has 0 amide bonds. The van der Waals surface area contributed by atoms with Crippen LogP contribution in [0.4, 0.5) is 23.0 Å². The number of nitrogens with two attached hydrogens (primary N) is 1. The van der Waals surface area contributed by atoms with Crippen molar-refractivity contribution in [3.05, 3.63) is 46.3 Å². The lowest BCUT2D eigenvalue weighted by atomic mass is 10.1. The van der Waals surface area contributed by atoms with E-state index in [1.807, 2.05) is 12.1 Å². The first-order valence-corrected chi connectivity index (χ1v) is 9.05. The summed E-state index contributed by atoms with van der Waals surface area (Å²) in [5, 5.41) is 15.2. The van der Waals surface area contributed by atoms with Crippen LogP contribution in [0.2, 0.25) is 0 Å². The summed E-state index contributed by atoms with van der Waals surface area (Å²) in [7, 11) is 0. The second-order valence-corrected chi connectivity index (χ2v) is 6.37. The lowest BCUT2D eigenvalue weighted by Gasteiger charge is -2.18. The molecule has 0 spiro atoms. The smallest absolute Gasteiger partial charge is 0.354 e. The van der Waals surface area contributed by atoms with Gasteiger partial charge in [-0.3, -0.25) is 15.5 Å². The van der Waals surface area contributed by atoms with Gasteiger partial charge in [0.1, 0.15) is 6.33 Å². The predicted molar refractivity (Wildman–Crippen MR) is 108 cm³/mol. The van der Waals surface area contributed by atoms with E-state index >= 15 is 0 Å². The fourth-order valence-corrected chi connectivity index (χ4v) is 3.02. The highest BCUT2D eigenvalue weighted by atomic mass is 16.6. The minimum Gasteiger partial charge on any atom is -0.462 e. The second-order valence-electron chi connectivity index (χ2n) is 6.37. The Morgan fingerprint density at radius 1 is 1.45 bits per heavy atom. The molecule has 0 saturated carbocycles. The van der Waals surface area contributed by atoms with Gasteiger partial charge >= 0.3 is 11.7 Å². The average molecular weight is 399 g/mol. The van der Waals surface area contributed by atoms with Crippen molar-refractivity contribution in [3.8, 4) is 0 Å². The summed E-state index contributed by atoms with van der Waals surface area (Å²) in [4.78, 5) is 31.8. The number of hydrogen-bond acceptors (Lipinski definition) is 10. The topological polar surface area (TPSA) is 149 Å². The molecule has 1 atom stereocenters. The molecular formula is C18H21N7O4. The molecule has 2 aromatic rings. The Bertz CT molecular complexity index is 917. The van der Waals surface area contributed by atoms with Crippen LogP contribution in [0, 0.1) is 16.0 Å². The number of nitro groups is 1.